The molecule has 2 fully saturated rings. The largest absolute Gasteiger partial charge is 0.484 e. The molecule has 1 aliphatic heterocycles. The molecular weight excluding hydrogens is 356 g/mol. The van der Waals surface area contributed by atoms with E-state index >= 15 is 0 Å². The Bertz CT molecular complexity index is 889. The molecule has 1 aromatic heterocycles. The summed E-state index contributed by atoms with van der Waals surface area (Å²) in [6, 6.07) is 8.58. The van der Waals surface area contributed by atoms with Gasteiger partial charge in [-0.3, -0.25) is 4.79 Å². The lowest BCUT2D eigenvalue weighted by molar-refractivity contribution is -0.124. The van der Waals surface area contributed by atoms with Crippen LogP contribution in [0.1, 0.15) is 38.5 Å². The van der Waals surface area contributed by atoms with E-state index in [9.17, 15) is 9.59 Å². The van der Waals surface area contributed by atoms with Gasteiger partial charge in [-0.2, -0.15) is 0 Å². The van der Waals surface area contributed by atoms with Gasteiger partial charge in [-0.25, -0.2) is 4.79 Å². The third kappa shape index (κ3) is 4.38. The van der Waals surface area contributed by atoms with E-state index < -0.39 is 5.63 Å². The first-order chi connectivity index (χ1) is 13.5. The zero-order valence-corrected chi connectivity index (χ0v) is 16.4. The SMILES string of the molecule is CN1CCC2(CCC(NC(=O)COc3ccc4ccc(=O)oc4c3)CC2)CC1. The van der Waals surface area contributed by atoms with Gasteiger partial charge < -0.3 is 19.4 Å². The molecule has 28 heavy (non-hydrogen) atoms. The summed E-state index contributed by atoms with van der Waals surface area (Å²) in [6.07, 6.45) is 7.08. The second-order valence-corrected chi connectivity index (χ2v) is 8.39. The smallest absolute Gasteiger partial charge is 0.336 e. The minimum Gasteiger partial charge on any atom is -0.484 e. The number of carbonyl (C=O) groups excluding carboxylic acids is 1. The van der Waals surface area contributed by atoms with E-state index in [1.807, 2.05) is 6.07 Å². The summed E-state index contributed by atoms with van der Waals surface area (Å²) < 4.78 is 10.8. The molecule has 0 radical (unpaired) electrons. The molecule has 1 N–H and O–H groups in total. The van der Waals surface area contributed by atoms with E-state index in [1.165, 1.54) is 44.8 Å². The van der Waals surface area contributed by atoms with Crippen molar-refractivity contribution in [2.75, 3.05) is 26.7 Å². The number of hydrogen-bond acceptors (Lipinski definition) is 5. The van der Waals surface area contributed by atoms with Gasteiger partial charge in [0.2, 0.25) is 0 Å². The maximum Gasteiger partial charge on any atom is 0.336 e. The Hall–Kier alpha value is -2.34. The second kappa shape index (κ2) is 7.95. The van der Waals surface area contributed by atoms with Crippen LogP contribution in [0.25, 0.3) is 11.0 Å². The van der Waals surface area contributed by atoms with Gasteiger partial charge in [-0.05, 0) is 82.3 Å². The number of amides is 1. The van der Waals surface area contributed by atoms with Gasteiger partial charge in [-0.1, -0.05) is 0 Å². The van der Waals surface area contributed by atoms with Crippen LogP contribution in [0.4, 0.5) is 0 Å². The van der Waals surface area contributed by atoms with E-state index in [-0.39, 0.29) is 18.6 Å². The highest BCUT2D eigenvalue weighted by molar-refractivity contribution is 5.79. The number of nitrogens with one attached hydrogen (secondary N) is 1. The van der Waals surface area contributed by atoms with E-state index in [0.717, 1.165) is 18.2 Å². The molecule has 2 aliphatic rings. The number of benzene rings is 1. The predicted octanol–water partition coefficient (Wildman–Crippen LogP) is 2.94. The molecule has 2 aromatic rings. The molecule has 1 saturated heterocycles. The van der Waals surface area contributed by atoms with Gasteiger partial charge in [0, 0.05) is 23.6 Å². The Kier molecular flexibility index (Phi) is 5.40. The number of ether oxygens (including phenoxy) is 1. The molecule has 6 heteroatoms. The third-order valence-corrected chi connectivity index (χ3v) is 6.42. The number of rotatable bonds is 4. The number of nitrogens with zero attached hydrogens (tertiary/aromatic N) is 1. The first-order valence-electron chi connectivity index (χ1n) is 10.2. The Balaban J connectivity index is 1.26. The van der Waals surface area contributed by atoms with E-state index in [4.69, 9.17) is 9.15 Å². The summed E-state index contributed by atoms with van der Waals surface area (Å²) in [4.78, 5) is 26.0. The average molecular weight is 384 g/mol. The molecular formula is C22H28N2O4. The summed E-state index contributed by atoms with van der Waals surface area (Å²) in [5.41, 5.74) is 0.558. The fourth-order valence-corrected chi connectivity index (χ4v) is 4.52. The van der Waals surface area contributed by atoms with Crippen LogP contribution in [-0.4, -0.2) is 43.6 Å². The van der Waals surface area contributed by atoms with Gasteiger partial charge in [0.1, 0.15) is 11.3 Å². The van der Waals surface area contributed by atoms with Gasteiger partial charge in [-0.15, -0.1) is 0 Å². The van der Waals surface area contributed by atoms with Crippen molar-refractivity contribution in [3.63, 3.8) is 0 Å². The summed E-state index contributed by atoms with van der Waals surface area (Å²) in [5.74, 6) is 0.421. The minimum absolute atomic E-state index is 0.0327. The van der Waals surface area contributed by atoms with Crippen molar-refractivity contribution in [2.45, 2.75) is 44.6 Å². The Morgan fingerprint density at radius 3 is 2.64 bits per heavy atom. The average Bonchev–Trinajstić information content (AvgIpc) is 2.70. The second-order valence-electron chi connectivity index (χ2n) is 8.39. The fourth-order valence-electron chi connectivity index (χ4n) is 4.52. The zero-order valence-electron chi connectivity index (χ0n) is 16.4. The lowest BCUT2D eigenvalue weighted by Crippen LogP contribution is -2.45. The Labute approximate surface area is 164 Å². The third-order valence-electron chi connectivity index (χ3n) is 6.42. The standard InChI is InChI=1S/C22H28N2O4/c1-24-12-10-22(11-13-24)8-6-17(7-9-22)23-20(25)15-27-18-4-2-16-3-5-21(26)28-19(16)14-18/h2-5,14,17H,6-13,15H2,1H3,(H,23,25). The molecule has 1 aromatic carbocycles. The molecule has 1 amide bonds. The highest BCUT2D eigenvalue weighted by Gasteiger charge is 2.37. The lowest BCUT2D eigenvalue weighted by atomic mass is 9.67. The maximum absolute atomic E-state index is 12.3. The molecule has 0 unspecified atom stereocenters. The Morgan fingerprint density at radius 2 is 1.89 bits per heavy atom. The van der Waals surface area contributed by atoms with Crippen LogP contribution in [0.3, 0.4) is 0 Å². The van der Waals surface area contributed by atoms with Crippen LogP contribution < -0.4 is 15.7 Å². The highest BCUT2D eigenvalue weighted by Crippen LogP contribution is 2.44. The van der Waals surface area contributed by atoms with Crippen LogP contribution in [-0.2, 0) is 4.79 Å². The quantitative estimate of drug-likeness (QED) is 0.821. The van der Waals surface area contributed by atoms with Gasteiger partial charge >= 0.3 is 5.63 Å². The van der Waals surface area contributed by atoms with Crippen LogP contribution in [0.2, 0.25) is 0 Å². The van der Waals surface area contributed by atoms with Crippen molar-refractivity contribution in [2.24, 2.45) is 5.41 Å². The molecule has 2 heterocycles. The van der Waals surface area contributed by atoms with Crippen molar-refractivity contribution < 1.29 is 13.9 Å². The van der Waals surface area contributed by atoms with E-state index in [1.54, 1.807) is 18.2 Å². The number of likely N-dealkylation sites (tertiary alicyclic amines) is 1. The lowest BCUT2D eigenvalue weighted by Gasteiger charge is -2.45. The van der Waals surface area contributed by atoms with Gasteiger partial charge in [0.15, 0.2) is 6.61 Å². The maximum atomic E-state index is 12.3. The van der Waals surface area contributed by atoms with Crippen LogP contribution in [0.5, 0.6) is 5.75 Å². The highest BCUT2D eigenvalue weighted by atomic mass is 16.5. The van der Waals surface area contributed by atoms with Crippen molar-refractivity contribution >= 4 is 16.9 Å². The summed E-state index contributed by atoms with van der Waals surface area (Å²) in [7, 11) is 2.20. The molecule has 1 saturated carbocycles. The van der Waals surface area contributed by atoms with Crippen LogP contribution in [0, 0.1) is 5.41 Å². The summed E-state index contributed by atoms with van der Waals surface area (Å²) in [6.45, 7) is 2.35. The topological polar surface area (TPSA) is 71.8 Å². The number of hydrogen-bond donors (Lipinski definition) is 1. The van der Waals surface area contributed by atoms with Crippen LogP contribution in [0.15, 0.2) is 39.5 Å². The van der Waals surface area contributed by atoms with Gasteiger partial charge in [0.05, 0.1) is 0 Å². The van der Waals surface area contributed by atoms with E-state index in [2.05, 4.69) is 17.3 Å². The number of carbonyl (C=O) groups is 1. The first-order valence-corrected chi connectivity index (χ1v) is 10.2. The normalized spacial score (nSPS) is 20.3. The molecule has 6 nitrogen and oxygen atoms in total. The summed E-state index contributed by atoms with van der Waals surface area (Å²) in [5, 5.41) is 3.94. The van der Waals surface area contributed by atoms with Crippen molar-refractivity contribution in [3.05, 3.63) is 40.8 Å². The number of piperidine rings is 1. The van der Waals surface area contributed by atoms with Crippen molar-refractivity contribution in [1.29, 1.82) is 0 Å². The first kappa shape index (κ1) is 19.0. The molecule has 0 atom stereocenters. The van der Waals surface area contributed by atoms with Gasteiger partial charge in [0.25, 0.3) is 5.91 Å². The van der Waals surface area contributed by atoms with Crippen molar-refractivity contribution in [3.8, 4) is 5.75 Å². The molecule has 1 aliphatic carbocycles. The zero-order chi connectivity index (χ0) is 19.6. The monoisotopic (exact) mass is 384 g/mol. The summed E-state index contributed by atoms with van der Waals surface area (Å²) >= 11 is 0. The van der Waals surface area contributed by atoms with Crippen LogP contribution >= 0.6 is 0 Å². The molecule has 1 spiro atoms. The fraction of sp³-hybridized carbons (Fsp3) is 0.545. The molecule has 150 valence electrons. The number of fused-ring (bicyclic) bond motifs is 1. The molecule has 0 bridgehead atoms. The van der Waals surface area contributed by atoms with Crippen molar-refractivity contribution in [1.82, 2.24) is 10.2 Å². The minimum atomic E-state index is -0.401. The predicted molar refractivity (Wildman–Crippen MR) is 108 cm³/mol. The molecule has 4 rings (SSSR count). The van der Waals surface area contributed by atoms with E-state index in [0.29, 0.717) is 16.7 Å². The Morgan fingerprint density at radius 1 is 1.18 bits per heavy atom.